The van der Waals surface area contributed by atoms with Crippen molar-refractivity contribution in [1.29, 1.82) is 0 Å². The molecule has 0 aliphatic heterocycles. The summed E-state index contributed by atoms with van der Waals surface area (Å²) in [5, 5.41) is 20.9. The molecule has 2 N–H and O–H groups in total. The third-order valence-electron chi connectivity index (χ3n) is 4.87. The van der Waals surface area contributed by atoms with Gasteiger partial charge >= 0.3 is 5.97 Å². The van der Waals surface area contributed by atoms with E-state index in [1.807, 2.05) is 0 Å². The number of carbonyl (C=O) groups is 2. The van der Waals surface area contributed by atoms with Gasteiger partial charge in [0, 0.05) is 17.5 Å². The smallest absolute Gasteiger partial charge is 0.335 e. The van der Waals surface area contributed by atoms with Gasteiger partial charge in [0.15, 0.2) is 5.78 Å². The van der Waals surface area contributed by atoms with E-state index in [2.05, 4.69) is 0 Å². The summed E-state index contributed by atoms with van der Waals surface area (Å²) in [6.07, 6.45) is 0.176. The van der Waals surface area contributed by atoms with Crippen molar-refractivity contribution >= 4 is 11.8 Å². The second kappa shape index (κ2) is 5.93. The summed E-state index contributed by atoms with van der Waals surface area (Å²) in [6, 6.07) is 20.6. The van der Waals surface area contributed by atoms with Crippen molar-refractivity contribution in [1.82, 2.24) is 0 Å². The van der Waals surface area contributed by atoms with Crippen LogP contribution in [0.3, 0.4) is 0 Å². The first kappa shape index (κ1) is 16.2. The van der Waals surface area contributed by atoms with Crippen LogP contribution in [0.2, 0.25) is 0 Å². The van der Waals surface area contributed by atoms with Gasteiger partial charge < -0.3 is 10.2 Å². The lowest BCUT2D eigenvalue weighted by molar-refractivity contribution is 0.0690. The number of aromatic carboxylic acids is 1. The fraction of sp³-hybridized carbons (Fsp3) is 0.0909. The Hall–Kier alpha value is -3.24. The monoisotopic (exact) mass is 344 g/mol. The molecular formula is C22H16O4. The van der Waals surface area contributed by atoms with Gasteiger partial charge in [-0.2, -0.15) is 0 Å². The van der Waals surface area contributed by atoms with Crippen LogP contribution in [0.4, 0.5) is 0 Å². The van der Waals surface area contributed by atoms with E-state index in [0.29, 0.717) is 27.8 Å². The van der Waals surface area contributed by atoms with E-state index in [-0.39, 0.29) is 17.8 Å². The van der Waals surface area contributed by atoms with Crippen molar-refractivity contribution < 1.29 is 19.8 Å². The normalized spacial score (nSPS) is 14.4. The summed E-state index contributed by atoms with van der Waals surface area (Å²) < 4.78 is 0. The van der Waals surface area contributed by atoms with E-state index < -0.39 is 11.6 Å². The van der Waals surface area contributed by atoms with Gasteiger partial charge in [0.25, 0.3) is 0 Å². The molecule has 1 aliphatic carbocycles. The summed E-state index contributed by atoms with van der Waals surface area (Å²) >= 11 is 0. The molecule has 4 rings (SSSR count). The number of carboxylic acids is 1. The minimum absolute atomic E-state index is 0.111. The number of hydrogen-bond acceptors (Lipinski definition) is 3. The minimum Gasteiger partial charge on any atom is -0.478 e. The van der Waals surface area contributed by atoms with Crippen LogP contribution < -0.4 is 0 Å². The summed E-state index contributed by atoms with van der Waals surface area (Å²) in [7, 11) is 0. The number of fused-ring (bicyclic) bond motifs is 2. The third kappa shape index (κ3) is 2.43. The first-order valence-electron chi connectivity index (χ1n) is 8.29. The van der Waals surface area contributed by atoms with Crippen LogP contribution in [-0.4, -0.2) is 22.0 Å². The number of carbonyl (C=O) groups excluding carboxylic acids is 1. The van der Waals surface area contributed by atoms with Crippen molar-refractivity contribution in [3.63, 3.8) is 0 Å². The van der Waals surface area contributed by atoms with E-state index >= 15 is 0 Å². The molecule has 0 radical (unpaired) electrons. The van der Waals surface area contributed by atoms with Gasteiger partial charge in [-0.1, -0.05) is 60.7 Å². The molecule has 0 unspecified atom stereocenters. The summed E-state index contributed by atoms with van der Waals surface area (Å²) in [5.41, 5.74) is 1.49. The Bertz CT molecular complexity index is 986. The van der Waals surface area contributed by atoms with E-state index in [4.69, 9.17) is 0 Å². The first-order chi connectivity index (χ1) is 12.5. The minimum atomic E-state index is -1.40. The predicted octanol–water partition coefficient (Wildman–Crippen LogP) is 3.41. The quantitative estimate of drug-likeness (QED) is 0.763. The summed E-state index contributed by atoms with van der Waals surface area (Å²) in [6.45, 7) is 0. The molecule has 0 fully saturated rings. The Morgan fingerprint density at radius 2 is 1.42 bits per heavy atom. The Kier molecular flexibility index (Phi) is 3.71. The van der Waals surface area contributed by atoms with Gasteiger partial charge in [-0.25, -0.2) is 4.79 Å². The molecule has 128 valence electrons. The molecule has 0 heterocycles. The molecule has 3 aromatic carbocycles. The van der Waals surface area contributed by atoms with Crippen LogP contribution in [0.5, 0.6) is 0 Å². The predicted molar refractivity (Wildman–Crippen MR) is 96.4 cm³/mol. The average Bonchev–Trinajstić information content (AvgIpc) is 2.67. The molecule has 26 heavy (non-hydrogen) atoms. The highest BCUT2D eigenvalue weighted by Gasteiger charge is 2.41. The number of hydrogen-bond donors (Lipinski definition) is 2. The molecule has 0 bridgehead atoms. The maximum absolute atomic E-state index is 12.8. The van der Waals surface area contributed by atoms with Crippen molar-refractivity contribution in [2.45, 2.75) is 12.0 Å². The van der Waals surface area contributed by atoms with Crippen LogP contribution in [0, 0.1) is 0 Å². The number of benzene rings is 3. The zero-order chi connectivity index (χ0) is 18.3. The highest BCUT2D eigenvalue weighted by Crippen LogP contribution is 2.41. The van der Waals surface area contributed by atoms with Gasteiger partial charge in [-0.15, -0.1) is 0 Å². The molecule has 4 nitrogen and oxygen atoms in total. The Morgan fingerprint density at radius 1 is 0.846 bits per heavy atom. The molecular weight excluding hydrogens is 328 g/mol. The van der Waals surface area contributed by atoms with E-state index in [9.17, 15) is 19.8 Å². The van der Waals surface area contributed by atoms with E-state index in [0.717, 1.165) is 0 Å². The Morgan fingerprint density at radius 3 is 2.00 bits per heavy atom. The lowest BCUT2D eigenvalue weighted by Crippen LogP contribution is -2.37. The zero-order valence-corrected chi connectivity index (χ0v) is 13.8. The molecule has 0 saturated heterocycles. The lowest BCUT2D eigenvalue weighted by Gasteiger charge is -2.36. The maximum atomic E-state index is 12.8. The lowest BCUT2D eigenvalue weighted by atomic mass is 9.71. The molecule has 3 aromatic rings. The second-order valence-electron chi connectivity index (χ2n) is 6.46. The zero-order valence-electron chi connectivity index (χ0n) is 13.8. The molecule has 0 aromatic heterocycles. The van der Waals surface area contributed by atoms with Crippen molar-refractivity contribution in [2.75, 3.05) is 0 Å². The number of rotatable bonds is 3. The molecule has 0 spiro atoms. The standard InChI is InChI=1S/C22H16O4/c23-20-16-8-1-3-10-18(16)22(26,19-11-4-2-9-17(19)20)13-14-6-5-7-15(12-14)21(24)25/h1-12,26H,13H2,(H,24,25). The van der Waals surface area contributed by atoms with Crippen molar-refractivity contribution in [2.24, 2.45) is 0 Å². The van der Waals surface area contributed by atoms with Crippen molar-refractivity contribution in [3.05, 3.63) is 106 Å². The number of ketones is 1. The van der Waals surface area contributed by atoms with Gasteiger partial charge in [0.05, 0.1) is 5.56 Å². The van der Waals surface area contributed by atoms with Crippen LogP contribution in [-0.2, 0) is 12.0 Å². The van der Waals surface area contributed by atoms with Crippen LogP contribution in [0.25, 0.3) is 0 Å². The van der Waals surface area contributed by atoms with Gasteiger partial charge in [0.2, 0.25) is 0 Å². The summed E-state index contributed by atoms with van der Waals surface area (Å²) in [5.74, 6) is -1.13. The molecule has 0 saturated carbocycles. The fourth-order valence-electron chi connectivity index (χ4n) is 3.67. The SMILES string of the molecule is O=C(O)c1cccc(CC2(O)c3ccccc3C(=O)c3ccccc32)c1. The maximum Gasteiger partial charge on any atom is 0.335 e. The number of carboxylic acid groups (broad SMARTS) is 1. The van der Waals surface area contributed by atoms with E-state index in [1.54, 1.807) is 66.7 Å². The first-order valence-corrected chi connectivity index (χ1v) is 8.29. The Labute approximate surface area is 150 Å². The van der Waals surface area contributed by atoms with Crippen LogP contribution >= 0.6 is 0 Å². The van der Waals surface area contributed by atoms with Crippen LogP contribution in [0.15, 0.2) is 72.8 Å². The highest BCUT2D eigenvalue weighted by molar-refractivity contribution is 6.13. The molecule has 0 atom stereocenters. The highest BCUT2D eigenvalue weighted by atomic mass is 16.4. The molecule has 0 amide bonds. The molecule has 4 heteroatoms. The topological polar surface area (TPSA) is 74.6 Å². The van der Waals surface area contributed by atoms with Crippen molar-refractivity contribution in [3.8, 4) is 0 Å². The largest absolute Gasteiger partial charge is 0.478 e. The van der Waals surface area contributed by atoms with Gasteiger partial charge in [-0.3, -0.25) is 4.79 Å². The molecule has 1 aliphatic rings. The fourth-order valence-corrected chi connectivity index (χ4v) is 3.67. The average molecular weight is 344 g/mol. The second-order valence-corrected chi connectivity index (χ2v) is 6.46. The van der Waals surface area contributed by atoms with Gasteiger partial charge in [0.1, 0.15) is 5.60 Å². The van der Waals surface area contributed by atoms with Crippen LogP contribution in [0.1, 0.15) is 43.0 Å². The van der Waals surface area contributed by atoms with E-state index in [1.165, 1.54) is 6.07 Å². The Balaban J connectivity index is 1.90. The third-order valence-corrected chi connectivity index (χ3v) is 4.87. The van der Waals surface area contributed by atoms with Gasteiger partial charge in [-0.05, 0) is 28.8 Å². The number of aliphatic hydroxyl groups is 1. The summed E-state index contributed by atoms with van der Waals surface area (Å²) in [4.78, 5) is 24.1.